The molecule has 0 aliphatic carbocycles. The van der Waals surface area contributed by atoms with Gasteiger partial charge in [0.25, 0.3) is 0 Å². The number of rotatable bonds is 1. The molecule has 16 heavy (non-hydrogen) atoms. The topological polar surface area (TPSA) is 43.4 Å². The highest BCUT2D eigenvalue weighted by Gasteiger charge is 2.49. The number of hydrogen-bond acceptors (Lipinski definition) is 4. The lowest BCUT2D eigenvalue weighted by molar-refractivity contribution is -0.0300. The Balaban J connectivity index is 2.02. The first-order chi connectivity index (χ1) is 7.81. The van der Waals surface area contributed by atoms with Crippen molar-refractivity contribution in [2.24, 2.45) is 0 Å². The third-order valence-corrected chi connectivity index (χ3v) is 3.70. The van der Waals surface area contributed by atoms with E-state index < -0.39 is 0 Å². The van der Waals surface area contributed by atoms with E-state index in [0.29, 0.717) is 6.79 Å². The summed E-state index contributed by atoms with van der Waals surface area (Å²) in [6, 6.07) is 5.92. The van der Waals surface area contributed by atoms with E-state index in [0.717, 1.165) is 29.8 Å². The summed E-state index contributed by atoms with van der Waals surface area (Å²) in [4.78, 5) is 4.51. The molecule has 86 valence electrons. The van der Waals surface area contributed by atoms with Crippen molar-refractivity contribution < 1.29 is 9.47 Å². The number of aromatic nitrogens is 1. The van der Waals surface area contributed by atoms with E-state index >= 15 is 0 Å². The summed E-state index contributed by atoms with van der Waals surface area (Å²) in [6.45, 7) is 2.13. The Morgan fingerprint density at radius 1 is 1.50 bits per heavy atom. The second-order valence-corrected chi connectivity index (χ2v) is 4.92. The zero-order valence-corrected chi connectivity index (χ0v) is 10.4. The normalized spacial score (nSPS) is 33.7. The molecule has 0 saturated carbocycles. The number of fused-ring (bicyclic) bond motifs is 1. The van der Waals surface area contributed by atoms with E-state index in [1.54, 1.807) is 0 Å². The predicted octanol–water partition coefficient (Wildman–Crippen LogP) is 1.41. The van der Waals surface area contributed by atoms with Crippen LogP contribution in [0.2, 0.25) is 0 Å². The average Bonchev–Trinajstić information content (AvgIpc) is 2.73. The molecule has 0 unspecified atom stereocenters. The first kappa shape index (κ1) is 10.7. The van der Waals surface area contributed by atoms with E-state index in [9.17, 15) is 0 Å². The van der Waals surface area contributed by atoms with Gasteiger partial charge in [-0.25, -0.2) is 4.98 Å². The Morgan fingerprint density at radius 3 is 3.31 bits per heavy atom. The van der Waals surface area contributed by atoms with Crippen LogP contribution >= 0.6 is 15.9 Å². The van der Waals surface area contributed by atoms with Crippen LogP contribution in [0.15, 0.2) is 22.8 Å². The van der Waals surface area contributed by atoms with Crippen LogP contribution in [0.5, 0.6) is 0 Å². The van der Waals surface area contributed by atoms with Crippen molar-refractivity contribution in [3.8, 4) is 0 Å². The fourth-order valence-corrected chi connectivity index (χ4v) is 2.77. The predicted molar refractivity (Wildman–Crippen MR) is 61.9 cm³/mol. The van der Waals surface area contributed by atoms with Gasteiger partial charge in [0.1, 0.15) is 23.1 Å². The Labute approximate surface area is 102 Å². The van der Waals surface area contributed by atoms with Crippen LogP contribution in [0.4, 0.5) is 0 Å². The maximum Gasteiger partial charge on any atom is 0.148 e. The highest BCUT2D eigenvalue weighted by molar-refractivity contribution is 9.10. The van der Waals surface area contributed by atoms with Crippen LogP contribution in [0, 0.1) is 0 Å². The van der Waals surface area contributed by atoms with E-state index in [4.69, 9.17) is 9.47 Å². The van der Waals surface area contributed by atoms with Gasteiger partial charge in [-0.2, -0.15) is 0 Å². The summed E-state index contributed by atoms with van der Waals surface area (Å²) in [6.07, 6.45) is 0.976. The quantitative estimate of drug-likeness (QED) is 0.792. The number of hydrogen-bond donors (Lipinski definition) is 1. The van der Waals surface area contributed by atoms with Gasteiger partial charge in [-0.05, 0) is 41.0 Å². The molecule has 2 fully saturated rings. The molecule has 4 nitrogen and oxygen atoms in total. The van der Waals surface area contributed by atoms with Gasteiger partial charge in [0.2, 0.25) is 0 Å². The molecule has 3 rings (SSSR count). The Bertz CT molecular complexity index is 401. The molecular formula is C11H13BrN2O2. The fraction of sp³-hybridized carbons (Fsp3) is 0.545. The second-order valence-electron chi connectivity index (χ2n) is 4.11. The summed E-state index contributed by atoms with van der Waals surface area (Å²) < 4.78 is 12.3. The van der Waals surface area contributed by atoms with Crippen LogP contribution in [-0.4, -0.2) is 31.0 Å². The molecule has 3 heterocycles. The molecule has 2 atom stereocenters. The molecule has 2 saturated heterocycles. The summed E-state index contributed by atoms with van der Waals surface area (Å²) in [5.74, 6) is 0. The number of halogens is 1. The smallest absolute Gasteiger partial charge is 0.148 e. The zero-order valence-electron chi connectivity index (χ0n) is 8.78. The molecule has 1 aromatic rings. The number of piperidine rings is 1. The SMILES string of the molecule is Brc1cccc([C@]23CCNC[C@H]2OCO3)n1. The van der Waals surface area contributed by atoms with Gasteiger partial charge in [-0.3, -0.25) is 0 Å². The third-order valence-electron chi connectivity index (χ3n) is 3.26. The highest BCUT2D eigenvalue weighted by atomic mass is 79.9. The molecule has 0 bridgehead atoms. The lowest BCUT2D eigenvalue weighted by Gasteiger charge is -2.36. The molecule has 5 heteroatoms. The minimum atomic E-state index is -0.352. The van der Waals surface area contributed by atoms with Gasteiger partial charge in [0.05, 0.1) is 5.69 Å². The van der Waals surface area contributed by atoms with Gasteiger partial charge in [0, 0.05) is 6.54 Å². The summed E-state index contributed by atoms with van der Waals surface area (Å²) in [7, 11) is 0. The van der Waals surface area contributed by atoms with E-state index in [-0.39, 0.29) is 11.7 Å². The molecular weight excluding hydrogens is 272 g/mol. The van der Waals surface area contributed by atoms with Crippen LogP contribution in [-0.2, 0) is 15.1 Å². The van der Waals surface area contributed by atoms with Crippen molar-refractivity contribution in [2.75, 3.05) is 19.9 Å². The molecule has 2 aliphatic rings. The van der Waals surface area contributed by atoms with Crippen LogP contribution < -0.4 is 5.32 Å². The Morgan fingerprint density at radius 2 is 2.44 bits per heavy atom. The molecule has 2 aliphatic heterocycles. The minimum absolute atomic E-state index is 0.0723. The lowest BCUT2D eigenvalue weighted by Crippen LogP contribution is -2.50. The van der Waals surface area contributed by atoms with Crippen molar-refractivity contribution in [3.05, 3.63) is 28.5 Å². The van der Waals surface area contributed by atoms with Crippen molar-refractivity contribution in [1.82, 2.24) is 10.3 Å². The molecule has 0 amide bonds. The summed E-state index contributed by atoms with van der Waals surface area (Å²) in [5, 5.41) is 3.32. The van der Waals surface area contributed by atoms with Gasteiger partial charge in [-0.1, -0.05) is 6.07 Å². The highest BCUT2D eigenvalue weighted by Crippen LogP contribution is 2.39. The lowest BCUT2D eigenvalue weighted by atomic mass is 9.86. The molecule has 1 N–H and O–H groups in total. The van der Waals surface area contributed by atoms with E-state index in [1.165, 1.54) is 0 Å². The maximum absolute atomic E-state index is 5.84. The first-order valence-corrected chi connectivity index (χ1v) is 6.20. The minimum Gasteiger partial charge on any atom is -0.347 e. The van der Waals surface area contributed by atoms with Gasteiger partial charge in [0.15, 0.2) is 0 Å². The van der Waals surface area contributed by atoms with Gasteiger partial charge >= 0.3 is 0 Å². The zero-order chi connectivity index (χ0) is 11.0. The van der Waals surface area contributed by atoms with Crippen LogP contribution in [0.25, 0.3) is 0 Å². The molecule has 0 spiro atoms. The summed E-state index contributed by atoms with van der Waals surface area (Å²) >= 11 is 3.40. The van der Waals surface area contributed by atoms with Crippen molar-refractivity contribution in [3.63, 3.8) is 0 Å². The maximum atomic E-state index is 5.84. The monoisotopic (exact) mass is 284 g/mol. The molecule has 1 aromatic heterocycles. The molecule has 0 radical (unpaired) electrons. The first-order valence-electron chi connectivity index (χ1n) is 5.40. The second kappa shape index (κ2) is 4.07. The largest absolute Gasteiger partial charge is 0.347 e. The van der Waals surface area contributed by atoms with Crippen molar-refractivity contribution in [2.45, 2.75) is 18.1 Å². The number of nitrogens with one attached hydrogen (secondary N) is 1. The average molecular weight is 285 g/mol. The third kappa shape index (κ3) is 1.59. The van der Waals surface area contributed by atoms with Crippen LogP contribution in [0.3, 0.4) is 0 Å². The standard InChI is InChI=1S/C11H13BrN2O2/c12-10-3-1-2-8(14-10)11-4-5-13-6-9(11)15-7-16-11/h1-3,9,13H,4-7H2/t9-,11-/m1/s1. The van der Waals surface area contributed by atoms with E-state index in [2.05, 4.69) is 26.2 Å². The van der Waals surface area contributed by atoms with Crippen LogP contribution in [0.1, 0.15) is 12.1 Å². The Hall–Kier alpha value is -0.490. The Kier molecular flexibility index (Phi) is 2.71. The van der Waals surface area contributed by atoms with Crippen molar-refractivity contribution >= 4 is 15.9 Å². The fourth-order valence-electron chi connectivity index (χ4n) is 2.42. The summed E-state index contributed by atoms with van der Waals surface area (Å²) in [5.41, 5.74) is 0.612. The number of ether oxygens (including phenoxy) is 2. The van der Waals surface area contributed by atoms with Crippen molar-refractivity contribution in [1.29, 1.82) is 0 Å². The van der Waals surface area contributed by atoms with E-state index in [1.807, 2.05) is 18.2 Å². The van der Waals surface area contributed by atoms with Gasteiger partial charge in [-0.15, -0.1) is 0 Å². The van der Waals surface area contributed by atoms with Gasteiger partial charge < -0.3 is 14.8 Å². The number of nitrogens with zero attached hydrogens (tertiary/aromatic N) is 1. The number of pyridine rings is 1. The molecule has 0 aromatic carbocycles.